The zero-order valence-electron chi connectivity index (χ0n) is 15.9. The third-order valence-corrected chi connectivity index (χ3v) is 4.19. The zero-order chi connectivity index (χ0) is 18.8. The van der Waals surface area contributed by atoms with Crippen LogP contribution >= 0.6 is 0 Å². The summed E-state index contributed by atoms with van der Waals surface area (Å²) in [5.74, 6) is 0.597. The molecule has 2 aromatic rings. The van der Waals surface area contributed by atoms with Gasteiger partial charge in [-0.25, -0.2) is 4.39 Å². The molecule has 0 saturated carbocycles. The Morgan fingerprint density at radius 2 is 2.15 bits per heavy atom. The van der Waals surface area contributed by atoms with Gasteiger partial charge in [0, 0.05) is 50.4 Å². The van der Waals surface area contributed by atoms with Crippen molar-refractivity contribution in [3.05, 3.63) is 35.8 Å². The number of H-pyrrole nitrogens is 1. The van der Waals surface area contributed by atoms with Crippen molar-refractivity contribution in [3.63, 3.8) is 0 Å². The molecule has 0 aliphatic heterocycles. The second kappa shape index (κ2) is 10.8. The number of aromatic amines is 1. The Kier molecular flexibility index (Phi) is 8.37. The summed E-state index contributed by atoms with van der Waals surface area (Å²) in [5, 5.41) is 7.69. The zero-order valence-corrected chi connectivity index (χ0v) is 15.9. The van der Waals surface area contributed by atoms with Crippen molar-refractivity contribution in [2.75, 3.05) is 53.5 Å². The number of guanidine groups is 1. The molecule has 0 bridgehead atoms. The Hall–Kier alpha value is -2.12. The molecular weight excluding hydrogens is 333 g/mol. The highest BCUT2D eigenvalue weighted by Crippen LogP contribution is 2.19. The molecule has 1 heterocycles. The molecule has 0 amide bonds. The number of likely N-dealkylation sites (N-methyl/N-ethyl adjacent to an activating group) is 1. The minimum Gasteiger partial charge on any atom is -0.383 e. The first-order valence-corrected chi connectivity index (χ1v) is 9.09. The number of methoxy groups -OCH3 is 1. The fraction of sp³-hybridized carbons (Fsp3) is 0.526. The normalized spacial score (nSPS) is 12.1. The molecule has 0 fully saturated rings. The van der Waals surface area contributed by atoms with Crippen LogP contribution in [0, 0.1) is 5.82 Å². The number of aromatic nitrogens is 1. The third kappa shape index (κ3) is 6.31. The molecule has 7 heteroatoms. The van der Waals surface area contributed by atoms with Crippen LogP contribution in [0.5, 0.6) is 0 Å². The second-order valence-electron chi connectivity index (χ2n) is 6.24. The number of hydrogen-bond donors (Lipinski definition) is 3. The summed E-state index contributed by atoms with van der Waals surface area (Å²) in [6.07, 6.45) is 2.78. The summed E-state index contributed by atoms with van der Waals surface area (Å²) < 4.78 is 18.3. The van der Waals surface area contributed by atoms with Crippen LogP contribution in [-0.2, 0) is 11.2 Å². The number of halogens is 1. The molecular formula is C19H30FN5O. The lowest BCUT2D eigenvalue weighted by Crippen LogP contribution is -2.39. The van der Waals surface area contributed by atoms with E-state index >= 15 is 0 Å². The van der Waals surface area contributed by atoms with Gasteiger partial charge in [0.1, 0.15) is 5.82 Å². The SMILES string of the molecule is CCNC(=NCCN(C)CCOC)NCCc1c[nH]c2cc(F)ccc12. The average Bonchev–Trinajstić information content (AvgIpc) is 3.02. The smallest absolute Gasteiger partial charge is 0.191 e. The van der Waals surface area contributed by atoms with E-state index in [0.717, 1.165) is 62.6 Å². The van der Waals surface area contributed by atoms with E-state index in [-0.39, 0.29) is 5.82 Å². The lowest BCUT2D eigenvalue weighted by atomic mass is 10.1. The molecule has 0 radical (unpaired) electrons. The first-order chi connectivity index (χ1) is 12.6. The van der Waals surface area contributed by atoms with Crippen molar-refractivity contribution in [2.45, 2.75) is 13.3 Å². The van der Waals surface area contributed by atoms with Crippen molar-refractivity contribution in [2.24, 2.45) is 4.99 Å². The van der Waals surface area contributed by atoms with E-state index < -0.39 is 0 Å². The molecule has 1 aromatic heterocycles. The quantitative estimate of drug-likeness (QED) is 0.446. The number of rotatable bonds is 10. The van der Waals surface area contributed by atoms with E-state index in [0.29, 0.717) is 0 Å². The van der Waals surface area contributed by atoms with Crippen LogP contribution in [0.4, 0.5) is 4.39 Å². The first-order valence-electron chi connectivity index (χ1n) is 9.09. The highest BCUT2D eigenvalue weighted by Gasteiger charge is 2.05. The molecule has 0 aliphatic rings. The lowest BCUT2D eigenvalue weighted by Gasteiger charge is -2.15. The summed E-state index contributed by atoms with van der Waals surface area (Å²) in [6.45, 7) is 6.86. The Morgan fingerprint density at radius 1 is 1.31 bits per heavy atom. The molecule has 0 spiro atoms. The highest BCUT2D eigenvalue weighted by atomic mass is 19.1. The fourth-order valence-electron chi connectivity index (χ4n) is 2.71. The summed E-state index contributed by atoms with van der Waals surface area (Å²) >= 11 is 0. The third-order valence-electron chi connectivity index (χ3n) is 4.19. The number of ether oxygens (including phenoxy) is 1. The number of nitrogens with zero attached hydrogens (tertiary/aromatic N) is 2. The van der Waals surface area contributed by atoms with Gasteiger partial charge >= 0.3 is 0 Å². The predicted octanol–water partition coefficient (Wildman–Crippen LogP) is 1.98. The Balaban J connectivity index is 1.82. The van der Waals surface area contributed by atoms with E-state index in [1.165, 1.54) is 17.7 Å². The lowest BCUT2D eigenvalue weighted by molar-refractivity contribution is 0.163. The Labute approximate surface area is 154 Å². The molecule has 3 N–H and O–H groups in total. The average molecular weight is 363 g/mol. The van der Waals surface area contributed by atoms with Crippen LogP contribution in [0.1, 0.15) is 12.5 Å². The van der Waals surface area contributed by atoms with Crippen molar-refractivity contribution in [1.29, 1.82) is 0 Å². The maximum atomic E-state index is 13.3. The maximum absolute atomic E-state index is 13.3. The van der Waals surface area contributed by atoms with Gasteiger partial charge in [-0.15, -0.1) is 0 Å². The van der Waals surface area contributed by atoms with E-state index in [9.17, 15) is 4.39 Å². The molecule has 0 saturated heterocycles. The number of aliphatic imine (C=N–C) groups is 1. The maximum Gasteiger partial charge on any atom is 0.191 e. The largest absolute Gasteiger partial charge is 0.383 e. The van der Waals surface area contributed by atoms with E-state index in [2.05, 4.69) is 39.5 Å². The summed E-state index contributed by atoms with van der Waals surface area (Å²) in [4.78, 5) is 9.93. The first kappa shape index (κ1) is 20.2. The number of hydrogen-bond acceptors (Lipinski definition) is 3. The molecule has 6 nitrogen and oxygen atoms in total. The van der Waals surface area contributed by atoms with Crippen molar-refractivity contribution < 1.29 is 9.13 Å². The summed E-state index contributed by atoms with van der Waals surface area (Å²) in [5.41, 5.74) is 2.00. The molecule has 1 aromatic carbocycles. The second-order valence-corrected chi connectivity index (χ2v) is 6.24. The van der Waals surface area contributed by atoms with Crippen molar-refractivity contribution in [1.82, 2.24) is 20.5 Å². The number of nitrogens with one attached hydrogen (secondary N) is 3. The van der Waals surface area contributed by atoms with Crippen LogP contribution in [-0.4, -0.2) is 69.3 Å². The van der Waals surface area contributed by atoms with Crippen molar-refractivity contribution in [3.8, 4) is 0 Å². The Bertz CT molecular complexity index is 700. The van der Waals surface area contributed by atoms with Gasteiger partial charge in [-0.1, -0.05) is 0 Å². The number of benzene rings is 1. The monoisotopic (exact) mass is 363 g/mol. The molecule has 0 unspecified atom stereocenters. The topological polar surface area (TPSA) is 64.7 Å². The van der Waals surface area contributed by atoms with Gasteiger partial charge in [-0.05, 0) is 44.2 Å². The molecule has 0 aliphatic carbocycles. The van der Waals surface area contributed by atoms with Gasteiger partial charge in [0.05, 0.1) is 13.2 Å². The molecule has 2 rings (SSSR count). The van der Waals surface area contributed by atoms with Crippen molar-refractivity contribution >= 4 is 16.9 Å². The van der Waals surface area contributed by atoms with Crippen LogP contribution in [0.15, 0.2) is 29.4 Å². The van der Waals surface area contributed by atoms with Gasteiger partial charge in [0.25, 0.3) is 0 Å². The molecule has 144 valence electrons. The predicted molar refractivity (Wildman–Crippen MR) is 105 cm³/mol. The van der Waals surface area contributed by atoms with Crippen LogP contribution in [0.2, 0.25) is 0 Å². The molecule has 0 atom stereocenters. The number of fused-ring (bicyclic) bond motifs is 1. The van der Waals surface area contributed by atoms with E-state index in [1.54, 1.807) is 7.11 Å². The standard InChI is InChI=1S/C19H30FN5O/c1-4-21-19(23-9-10-25(2)11-12-26-3)22-8-7-15-14-24-18-13-16(20)5-6-17(15)18/h5-6,13-14,24H,4,7-12H2,1-3H3,(H2,21,22,23). The summed E-state index contributed by atoms with van der Waals surface area (Å²) in [7, 11) is 3.78. The van der Waals surface area contributed by atoms with E-state index in [4.69, 9.17) is 4.74 Å². The van der Waals surface area contributed by atoms with Gasteiger partial charge in [0.2, 0.25) is 0 Å². The highest BCUT2D eigenvalue weighted by molar-refractivity contribution is 5.83. The van der Waals surface area contributed by atoms with Crippen LogP contribution < -0.4 is 10.6 Å². The van der Waals surface area contributed by atoms with Crippen LogP contribution in [0.25, 0.3) is 10.9 Å². The van der Waals surface area contributed by atoms with Gasteiger partial charge in [0.15, 0.2) is 5.96 Å². The van der Waals surface area contributed by atoms with Gasteiger partial charge in [-0.2, -0.15) is 0 Å². The molecule has 26 heavy (non-hydrogen) atoms. The summed E-state index contributed by atoms with van der Waals surface area (Å²) in [6, 6.07) is 4.85. The fourth-order valence-corrected chi connectivity index (χ4v) is 2.71. The Morgan fingerprint density at radius 3 is 2.92 bits per heavy atom. The van der Waals surface area contributed by atoms with Gasteiger partial charge < -0.3 is 25.3 Å². The minimum atomic E-state index is -0.221. The minimum absolute atomic E-state index is 0.221. The van der Waals surface area contributed by atoms with Crippen LogP contribution in [0.3, 0.4) is 0 Å². The van der Waals surface area contributed by atoms with Gasteiger partial charge in [-0.3, -0.25) is 4.99 Å². The van der Waals surface area contributed by atoms with E-state index in [1.807, 2.05) is 12.3 Å².